The zero-order valence-corrected chi connectivity index (χ0v) is 22.7. The minimum Gasteiger partial charge on any atom is -0.493 e. The lowest BCUT2D eigenvalue weighted by Crippen LogP contribution is -2.58. The van der Waals surface area contributed by atoms with E-state index in [1.165, 1.54) is 18.2 Å². The Bertz CT molecular complexity index is 1570. The molecule has 2 aliphatic heterocycles. The van der Waals surface area contributed by atoms with Gasteiger partial charge >= 0.3 is 5.97 Å². The number of nitrogens with zero attached hydrogens (tertiary/aromatic N) is 2. The lowest BCUT2D eigenvalue weighted by Gasteiger charge is -2.34. The number of ketones is 1. The third-order valence-corrected chi connectivity index (χ3v) is 7.15. The number of aliphatic carboxylic acids is 1. The molecule has 2 unspecified atom stereocenters. The average molecular weight is 576 g/mol. The molecule has 218 valence electrons. The Labute approximate surface area is 239 Å². The van der Waals surface area contributed by atoms with Gasteiger partial charge in [0.25, 0.3) is 11.8 Å². The number of methoxy groups -OCH3 is 1. The van der Waals surface area contributed by atoms with Gasteiger partial charge in [-0.05, 0) is 37.0 Å². The van der Waals surface area contributed by atoms with E-state index in [4.69, 9.17) is 9.15 Å². The van der Waals surface area contributed by atoms with Crippen LogP contribution in [0.25, 0.3) is 11.1 Å². The molecule has 4 N–H and O–H groups in total. The molecule has 0 radical (unpaired) electrons. The Morgan fingerprint density at radius 3 is 2.67 bits per heavy atom. The number of nitrogens with one attached hydrogen (secondary N) is 3. The standard InChI is InChI=1S/C29H29N5O8/c1-41-21-9-5-8-17-26(21)42-28(33-17)25(38)18(14-24(36)37)32-27(39)20-11-12-22-30-15-19(29(40)34(20)22)31-23(35)13-10-16-6-3-2-4-7-16/h2-9,15,18,20,22,30H,10-14H2,1H3,(H,31,35)(H,32,39)(H,36,37)/t18?,20-,22?/m0/s1. The molecule has 42 heavy (non-hydrogen) atoms. The third-order valence-electron chi connectivity index (χ3n) is 7.15. The lowest BCUT2D eigenvalue weighted by molar-refractivity contribution is -0.140. The van der Waals surface area contributed by atoms with E-state index < -0.39 is 48.2 Å². The van der Waals surface area contributed by atoms with Gasteiger partial charge in [0.15, 0.2) is 11.3 Å². The quantitative estimate of drug-likeness (QED) is 0.245. The number of amides is 3. The predicted molar refractivity (Wildman–Crippen MR) is 147 cm³/mol. The maximum Gasteiger partial charge on any atom is 0.305 e. The number of Topliss-reactive ketones (excluding diaryl/α,β-unsaturated/α-hetero) is 1. The number of oxazole rings is 1. The van der Waals surface area contributed by atoms with Crippen molar-refractivity contribution in [3.63, 3.8) is 0 Å². The van der Waals surface area contributed by atoms with Crippen molar-refractivity contribution in [3.8, 4) is 5.75 Å². The van der Waals surface area contributed by atoms with Gasteiger partial charge in [0.05, 0.1) is 13.5 Å². The summed E-state index contributed by atoms with van der Waals surface area (Å²) in [6.07, 6.45) is 1.52. The Balaban J connectivity index is 1.27. The summed E-state index contributed by atoms with van der Waals surface area (Å²) in [7, 11) is 1.43. The molecule has 1 saturated heterocycles. The van der Waals surface area contributed by atoms with Crippen LogP contribution in [0.2, 0.25) is 0 Å². The van der Waals surface area contributed by atoms with Gasteiger partial charge < -0.3 is 35.1 Å². The van der Waals surface area contributed by atoms with E-state index in [0.29, 0.717) is 24.1 Å². The number of aryl methyl sites for hydroxylation is 1. The third kappa shape index (κ3) is 5.94. The number of aromatic nitrogens is 1. The summed E-state index contributed by atoms with van der Waals surface area (Å²) in [6.45, 7) is 0. The SMILES string of the molecule is COc1cccc2nc(C(=O)C(CC(=O)O)NC(=O)[C@@H]3CCC4NC=C(NC(=O)CCc5ccccc5)C(=O)N43)oc12. The average Bonchev–Trinajstić information content (AvgIpc) is 3.62. The van der Waals surface area contributed by atoms with Crippen LogP contribution in [0, 0.1) is 0 Å². The van der Waals surface area contributed by atoms with Crippen LogP contribution in [0.5, 0.6) is 5.75 Å². The smallest absolute Gasteiger partial charge is 0.305 e. The minimum atomic E-state index is -1.51. The summed E-state index contributed by atoms with van der Waals surface area (Å²) in [5, 5.41) is 17.6. The minimum absolute atomic E-state index is 0.0115. The van der Waals surface area contributed by atoms with Gasteiger partial charge in [-0.25, -0.2) is 4.98 Å². The highest BCUT2D eigenvalue weighted by Gasteiger charge is 2.45. The Morgan fingerprint density at radius 1 is 1.14 bits per heavy atom. The van der Waals surface area contributed by atoms with Crippen molar-refractivity contribution in [3.05, 3.63) is 71.9 Å². The van der Waals surface area contributed by atoms with E-state index >= 15 is 0 Å². The monoisotopic (exact) mass is 575 g/mol. The summed E-state index contributed by atoms with van der Waals surface area (Å²) < 4.78 is 10.8. The summed E-state index contributed by atoms with van der Waals surface area (Å²) >= 11 is 0. The Morgan fingerprint density at radius 2 is 1.93 bits per heavy atom. The molecule has 13 nitrogen and oxygen atoms in total. The summed E-state index contributed by atoms with van der Waals surface area (Å²) in [4.78, 5) is 69.6. The van der Waals surface area contributed by atoms with Crippen molar-refractivity contribution in [2.75, 3.05) is 7.11 Å². The zero-order valence-electron chi connectivity index (χ0n) is 22.7. The molecular weight excluding hydrogens is 546 g/mol. The number of carboxylic acid groups (broad SMARTS) is 1. The van der Waals surface area contributed by atoms with Gasteiger partial charge in [0.2, 0.25) is 17.6 Å². The second-order valence-electron chi connectivity index (χ2n) is 9.93. The largest absolute Gasteiger partial charge is 0.493 e. The van der Waals surface area contributed by atoms with Gasteiger partial charge in [-0.1, -0.05) is 36.4 Å². The van der Waals surface area contributed by atoms with Crippen LogP contribution in [-0.4, -0.2) is 69.8 Å². The molecule has 3 aromatic rings. The topological polar surface area (TPSA) is 180 Å². The van der Waals surface area contributed by atoms with Gasteiger partial charge in [0, 0.05) is 12.6 Å². The van der Waals surface area contributed by atoms with Crippen LogP contribution in [0.3, 0.4) is 0 Å². The van der Waals surface area contributed by atoms with E-state index in [1.54, 1.807) is 18.2 Å². The van der Waals surface area contributed by atoms with E-state index in [-0.39, 0.29) is 35.9 Å². The molecule has 3 heterocycles. The van der Waals surface area contributed by atoms with Crippen molar-refractivity contribution in [1.82, 2.24) is 25.8 Å². The maximum absolute atomic E-state index is 13.4. The molecule has 3 atom stereocenters. The molecule has 1 fully saturated rings. The lowest BCUT2D eigenvalue weighted by atomic mass is 10.1. The van der Waals surface area contributed by atoms with Gasteiger partial charge in [-0.3, -0.25) is 24.0 Å². The first-order valence-electron chi connectivity index (χ1n) is 13.4. The Hall–Kier alpha value is -5.20. The van der Waals surface area contributed by atoms with Crippen molar-refractivity contribution in [2.24, 2.45) is 0 Å². The summed E-state index contributed by atoms with van der Waals surface area (Å²) in [5.74, 6) is -3.85. The second kappa shape index (κ2) is 12.1. The Kier molecular flexibility index (Phi) is 8.18. The molecule has 0 saturated carbocycles. The molecule has 2 aromatic carbocycles. The number of hydrogen-bond donors (Lipinski definition) is 4. The molecule has 13 heteroatoms. The number of carboxylic acids is 1. The fourth-order valence-electron chi connectivity index (χ4n) is 5.09. The molecule has 1 aromatic heterocycles. The molecule has 3 amide bonds. The molecule has 5 rings (SSSR count). The normalized spacial score (nSPS) is 18.5. The number of para-hydroxylation sites is 1. The molecule has 0 spiro atoms. The van der Waals surface area contributed by atoms with Crippen molar-refractivity contribution in [1.29, 1.82) is 0 Å². The summed E-state index contributed by atoms with van der Waals surface area (Å²) in [6, 6.07) is 11.8. The maximum atomic E-state index is 13.4. The van der Waals surface area contributed by atoms with Crippen LogP contribution in [0.1, 0.15) is 41.9 Å². The molecule has 2 aliphatic rings. The first-order chi connectivity index (χ1) is 20.2. The predicted octanol–water partition coefficient (Wildman–Crippen LogP) is 1.49. The second-order valence-corrected chi connectivity index (χ2v) is 9.93. The van der Waals surface area contributed by atoms with E-state index in [1.807, 2.05) is 30.3 Å². The van der Waals surface area contributed by atoms with Crippen LogP contribution in [0.15, 0.2) is 64.8 Å². The van der Waals surface area contributed by atoms with Gasteiger partial charge in [-0.15, -0.1) is 0 Å². The molecule has 0 aliphatic carbocycles. The first kappa shape index (κ1) is 28.3. The fraction of sp³-hybridized carbons (Fsp3) is 0.310. The number of carbonyl (C=O) groups excluding carboxylic acids is 4. The fourth-order valence-corrected chi connectivity index (χ4v) is 5.09. The highest BCUT2D eigenvalue weighted by molar-refractivity contribution is 6.04. The first-order valence-corrected chi connectivity index (χ1v) is 13.4. The zero-order chi connectivity index (χ0) is 29.8. The van der Waals surface area contributed by atoms with Gasteiger partial charge in [-0.2, -0.15) is 0 Å². The number of carbonyl (C=O) groups is 5. The van der Waals surface area contributed by atoms with Crippen molar-refractivity contribution >= 4 is 40.6 Å². The van der Waals surface area contributed by atoms with E-state index in [2.05, 4.69) is 20.9 Å². The number of benzene rings is 2. The van der Waals surface area contributed by atoms with Crippen LogP contribution < -0.4 is 20.7 Å². The summed E-state index contributed by atoms with van der Waals surface area (Å²) in [5.41, 5.74) is 1.50. The highest BCUT2D eigenvalue weighted by atomic mass is 16.5. The number of rotatable bonds is 11. The van der Waals surface area contributed by atoms with Crippen LogP contribution in [0.4, 0.5) is 0 Å². The van der Waals surface area contributed by atoms with Crippen LogP contribution in [-0.2, 0) is 25.6 Å². The van der Waals surface area contributed by atoms with E-state index in [9.17, 15) is 29.1 Å². The van der Waals surface area contributed by atoms with Crippen molar-refractivity contribution in [2.45, 2.75) is 50.4 Å². The van der Waals surface area contributed by atoms with Crippen LogP contribution >= 0.6 is 0 Å². The number of fused-ring (bicyclic) bond motifs is 2. The number of hydrogen-bond acceptors (Lipinski definition) is 9. The molecular formula is C29H29N5O8. The van der Waals surface area contributed by atoms with Crippen molar-refractivity contribution < 1.29 is 38.2 Å². The number of ether oxygens (including phenoxy) is 1. The highest BCUT2D eigenvalue weighted by Crippen LogP contribution is 2.29. The van der Waals surface area contributed by atoms with E-state index in [0.717, 1.165) is 5.56 Å². The van der Waals surface area contributed by atoms with Gasteiger partial charge in [0.1, 0.15) is 29.5 Å². The molecule has 0 bridgehead atoms.